The van der Waals surface area contributed by atoms with Gasteiger partial charge in [0.1, 0.15) is 5.52 Å². The van der Waals surface area contributed by atoms with Gasteiger partial charge in [0.2, 0.25) is 0 Å². The van der Waals surface area contributed by atoms with Crippen LogP contribution in [-0.2, 0) is 0 Å². The number of H-pyrrole nitrogens is 1. The lowest BCUT2D eigenvalue weighted by Crippen LogP contribution is -1.86. The third kappa shape index (κ3) is 1.55. The van der Waals surface area contributed by atoms with Crippen molar-refractivity contribution in [3.63, 3.8) is 0 Å². The summed E-state index contributed by atoms with van der Waals surface area (Å²) in [6.07, 6.45) is 1.62. The lowest BCUT2D eigenvalue weighted by Gasteiger charge is -2.03. The van der Waals surface area contributed by atoms with Crippen LogP contribution in [0.4, 0.5) is 0 Å². The molecule has 1 N–H and O–H groups in total. The first-order chi connectivity index (χ1) is 6.13. The molecule has 2 aromatic rings. The topological polar surface area (TPSA) is 28.7 Å². The van der Waals surface area contributed by atoms with Gasteiger partial charge in [0.15, 0.2) is 0 Å². The minimum absolute atomic E-state index is 0.613. The van der Waals surface area contributed by atoms with Gasteiger partial charge in [0.05, 0.1) is 29.0 Å². The molecule has 1 aromatic carbocycles. The highest BCUT2D eigenvalue weighted by Crippen LogP contribution is 2.36. The quantitative estimate of drug-likeness (QED) is 0.375. The average molecular weight is 439 g/mol. The Morgan fingerprint density at radius 1 is 1.15 bits per heavy atom. The Hall–Kier alpha value is 0.730. The number of rotatable bonds is 0. The van der Waals surface area contributed by atoms with Gasteiger partial charge in [-0.25, -0.2) is 4.98 Å². The number of nitrogens with one attached hydrogen (secondary N) is 1. The predicted octanol–water partition coefficient (Wildman–Crippen LogP) is 4.08. The van der Waals surface area contributed by atoms with Crippen molar-refractivity contribution in [1.29, 1.82) is 0 Å². The zero-order valence-corrected chi connectivity index (χ0v) is 11.9. The molecule has 0 unspecified atom stereocenters. The SMILES string of the molecule is Clc1c(I)c(Cl)c2nc[nH]c2c1I. The highest BCUT2D eigenvalue weighted by atomic mass is 127. The van der Waals surface area contributed by atoms with E-state index >= 15 is 0 Å². The number of imidazole rings is 1. The van der Waals surface area contributed by atoms with Gasteiger partial charge in [0, 0.05) is 0 Å². The first-order valence-electron chi connectivity index (χ1n) is 3.28. The van der Waals surface area contributed by atoms with E-state index in [-0.39, 0.29) is 0 Å². The fraction of sp³-hybridized carbons (Fsp3) is 0. The Balaban J connectivity index is 3.02. The highest BCUT2D eigenvalue weighted by molar-refractivity contribution is 14.1. The van der Waals surface area contributed by atoms with Crippen molar-refractivity contribution >= 4 is 79.4 Å². The van der Waals surface area contributed by atoms with Crippen molar-refractivity contribution in [2.75, 3.05) is 0 Å². The monoisotopic (exact) mass is 438 g/mol. The van der Waals surface area contributed by atoms with Crippen LogP contribution in [0.3, 0.4) is 0 Å². The average Bonchev–Trinajstić information content (AvgIpc) is 2.59. The predicted molar refractivity (Wildman–Crippen MR) is 71.5 cm³/mol. The van der Waals surface area contributed by atoms with Crippen molar-refractivity contribution in [2.45, 2.75) is 0 Å². The van der Waals surface area contributed by atoms with Gasteiger partial charge in [-0.1, -0.05) is 23.2 Å². The standard InChI is InChI=1S/C7H2Cl2I2N2/c8-2-4(10)3(9)6-7(5(2)11)13-1-12-6/h1H,(H,12,13). The zero-order valence-electron chi connectivity index (χ0n) is 6.04. The maximum Gasteiger partial charge on any atom is 0.109 e. The third-order valence-electron chi connectivity index (χ3n) is 1.64. The second-order valence-corrected chi connectivity index (χ2v) is 5.30. The number of fused-ring (bicyclic) bond motifs is 1. The minimum Gasteiger partial charge on any atom is -0.344 e. The number of aromatic nitrogens is 2. The van der Waals surface area contributed by atoms with Crippen molar-refractivity contribution in [1.82, 2.24) is 9.97 Å². The summed E-state index contributed by atoms with van der Waals surface area (Å²) in [5.41, 5.74) is 1.68. The van der Waals surface area contributed by atoms with E-state index in [1.807, 2.05) is 0 Å². The third-order valence-corrected chi connectivity index (χ3v) is 5.50. The van der Waals surface area contributed by atoms with Gasteiger partial charge in [-0.15, -0.1) is 0 Å². The summed E-state index contributed by atoms with van der Waals surface area (Å²) in [5.74, 6) is 0. The van der Waals surface area contributed by atoms with Crippen LogP contribution in [0.5, 0.6) is 0 Å². The van der Waals surface area contributed by atoms with Gasteiger partial charge in [-0.3, -0.25) is 0 Å². The molecule has 0 saturated carbocycles. The molecule has 0 amide bonds. The molecule has 0 spiro atoms. The Kier molecular flexibility index (Phi) is 2.93. The van der Waals surface area contributed by atoms with E-state index in [0.717, 1.165) is 18.2 Å². The molecular formula is C7H2Cl2I2N2. The first-order valence-corrected chi connectivity index (χ1v) is 6.19. The summed E-state index contributed by atoms with van der Waals surface area (Å²) in [6.45, 7) is 0. The second-order valence-electron chi connectivity index (χ2n) is 2.38. The molecular weight excluding hydrogens is 437 g/mol. The molecule has 1 heterocycles. The lowest BCUT2D eigenvalue weighted by molar-refractivity contribution is 1.34. The normalized spacial score (nSPS) is 11.1. The number of benzene rings is 1. The molecule has 1 aromatic heterocycles. The molecule has 0 aliphatic carbocycles. The molecule has 2 rings (SSSR count). The molecule has 0 saturated heterocycles. The second kappa shape index (κ2) is 3.71. The highest BCUT2D eigenvalue weighted by Gasteiger charge is 2.15. The Bertz CT molecular complexity index is 439. The van der Waals surface area contributed by atoms with Gasteiger partial charge in [-0.05, 0) is 45.2 Å². The van der Waals surface area contributed by atoms with E-state index < -0.39 is 0 Å². The first kappa shape index (κ1) is 10.3. The van der Waals surface area contributed by atoms with Crippen LogP contribution in [0.2, 0.25) is 10.0 Å². The summed E-state index contributed by atoms with van der Waals surface area (Å²) in [4.78, 5) is 7.13. The van der Waals surface area contributed by atoms with Gasteiger partial charge in [0.25, 0.3) is 0 Å². The number of hydrogen-bond donors (Lipinski definition) is 1. The van der Waals surface area contributed by atoms with Crippen LogP contribution in [0.1, 0.15) is 0 Å². The Labute approximate surface area is 112 Å². The van der Waals surface area contributed by atoms with Crippen molar-refractivity contribution < 1.29 is 0 Å². The van der Waals surface area contributed by atoms with Gasteiger partial charge < -0.3 is 4.98 Å². The Morgan fingerprint density at radius 2 is 1.85 bits per heavy atom. The van der Waals surface area contributed by atoms with Crippen molar-refractivity contribution in [2.24, 2.45) is 0 Å². The molecule has 0 aliphatic rings. The van der Waals surface area contributed by atoms with Gasteiger partial charge >= 0.3 is 0 Å². The fourth-order valence-corrected chi connectivity index (χ4v) is 3.23. The molecule has 68 valence electrons. The number of halogens is 4. The smallest absolute Gasteiger partial charge is 0.109 e. The number of nitrogens with zero attached hydrogens (tertiary/aromatic N) is 1. The summed E-state index contributed by atoms with van der Waals surface area (Å²) in [5, 5.41) is 1.30. The van der Waals surface area contributed by atoms with Crippen molar-refractivity contribution in [3.8, 4) is 0 Å². The van der Waals surface area contributed by atoms with E-state index in [0.29, 0.717) is 10.0 Å². The summed E-state index contributed by atoms with van der Waals surface area (Å²) in [7, 11) is 0. The minimum atomic E-state index is 0.613. The fourth-order valence-electron chi connectivity index (χ4n) is 1.03. The summed E-state index contributed by atoms with van der Waals surface area (Å²) >= 11 is 16.4. The maximum absolute atomic E-state index is 6.07. The van der Waals surface area contributed by atoms with Crippen LogP contribution < -0.4 is 0 Å². The molecule has 13 heavy (non-hydrogen) atoms. The lowest BCUT2D eigenvalue weighted by atomic mass is 10.3. The molecule has 2 nitrogen and oxygen atoms in total. The number of hydrogen-bond acceptors (Lipinski definition) is 1. The molecule has 0 fully saturated rings. The van der Waals surface area contributed by atoms with Crippen LogP contribution in [0.15, 0.2) is 6.33 Å². The van der Waals surface area contributed by atoms with Crippen LogP contribution in [0, 0.1) is 7.14 Å². The molecule has 0 aliphatic heterocycles. The van der Waals surface area contributed by atoms with Crippen LogP contribution >= 0.6 is 68.4 Å². The molecule has 0 bridgehead atoms. The summed E-state index contributed by atoms with van der Waals surface area (Å²) < 4.78 is 1.81. The maximum atomic E-state index is 6.07. The number of aromatic amines is 1. The Morgan fingerprint density at radius 3 is 2.54 bits per heavy atom. The van der Waals surface area contributed by atoms with E-state index in [4.69, 9.17) is 23.2 Å². The van der Waals surface area contributed by atoms with Crippen LogP contribution in [0.25, 0.3) is 11.0 Å². The summed E-state index contributed by atoms with van der Waals surface area (Å²) in [6, 6.07) is 0. The van der Waals surface area contributed by atoms with E-state index in [1.165, 1.54) is 0 Å². The molecule has 6 heteroatoms. The molecule has 0 atom stereocenters. The van der Waals surface area contributed by atoms with E-state index in [9.17, 15) is 0 Å². The van der Waals surface area contributed by atoms with Gasteiger partial charge in [-0.2, -0.15) is 0 Å². The molecule has 0 radical (unpaired) electrons. The van der Waals surface area contributed by atoms with E-state index in [2.05, 4.69) is 55.1 Å². The largest absolute Gasteiger partial charge is 0.344 e. The van der Waals surface area contributed by atoms with E-state index in [1.54, 1.807) is 6.33 Å². The van der Waals surface area contributed by atoms with Crippen molar-refractivity contribution in [3.05, 3.63) is 23.5 Å². The zero-order chi connectivity index (χ0) is 9.59. The van der Waals surface area contributed by atoms with Crippen LogP contribution in [-0.4, -0.2) is 9.97 Å².